The van der Waals surface area contributed by atoms with Crippen LogP contribution in [0.1, 0.15) is 25.6 Å². The number of nitrogens with zero attached hydrogens (tertiary/aromatic N) is 6. The predicted molar refractivity (Wildman–Crippen MR) is 62.7 cm³/mol. The van der Waals surface area contributed by atoms with Crippen molar-refractivity contribution in [2.24, 2.45) is 5.11 Å². The summed E-state index contributed by atoms with van der Waals surface area (Å²) in [7, 11) is 0. The van der Waals surface area contributed by atoms with Gasteiger partial charge < -0.3 is 0 Å². The van der Waals surface area contributed by atoms with E-state index in [-0.39, 0.29) is 18.3 Å². The van der Waals surface area contributed by atoms with Gasteiger partial charge in [0.2, 0.25) is 0 Å². The molecule has 0 unspecified atom stereocenters. The molecule has 0 atom stereocenters. The van der Waals surface area contributed by atoms with Crippen molar-refractivity contribution in [3.63, 3.8) is 0 Å². The van der Waals surface area contributed by atoms with Gasteiger partial charge in [0, 0.05) is 23.3 Å². The van der Waals surface area contributed by atoms with Crippen LogP contribution in [-0.4, -0.2) is 14.0 Å². The zero-order valence-corrected chi connectivity index (χ0v) is 9.61. The maximum Gasteiger partial charge on any atom is 0.334 e. The molecular formula is C10H12N6O. The second-order valence-corrected chi connectivity index (χ2v) is 3.95. The Morgan fingerprint density at radius 3 is 3.00 bits per heavy atom. The first-order valence-corrected chi connectivity index (χ1v) is 5.23. The summed E-state index contributed by atoms with van der Waals surface area (Å²) in [4.78, 5) is 18.9. The first-order chi connectivity index (χ1) is 8.13. The molecule has 0 aliphatic heterocycles. The molecule has 0 fully saturated rings. The molecule has 7 nitrogen and oxygen atoms in total. The van der Waals surface area contributed by atoms with Gasteiger partial charge in [0.25, 0.3) is 0 Å². The van der Waals surface area contributed by atoms with E-state index in [1.54, 1.807) is 23.0 Å². The van der Waals surface area contributed by atoms with Crippen LogP contribution in [0, 0.1) is 0 Å². The lowest BCUT2D eigenvalue weighted by atomic mass is 10.4. The molecular weight excluding hydrogens is 220 g/mol. The van der Waals surface area contributed by atoms with Crippen LogP contribution in [0.15, 0.2) is 28.4 Å². The lowest BCUT2D eigenvalue weighted by molar-refractivity contribution is 0.558. The van der Waals surface area contributed by atoms with E-state index < -0.39 is 0 Å². The molecule has 0 amide bonds. The summed E-state index contributed by atoms with van der Waals surface area (Å²) in [5.41, 5.74) is 9.24. The fourth-order valence-electron chi connectivity index (χ4n) is 1.62. The van der Waals surface area contributed by atoms with E-state index in [0.717, 1.165) is 0 Å². The Labute approximate surface area is 97.0 Å². The molecule has 88 valence electrons. The van der Waals surface area contributed by atoms with E-state index in [2.05, 4.69) is 15.0 Å². The Balaban J connectivity index is 2.58. The lowest BCUT2D eigenvalue weighted by Gasteiger charge is -2.08. The molecule has 0 saturated carbocycles. The summed E-state index contributed by atoms with van der Waals surface area (Å²) >= 11 is 0. The van der Waals surface area contributed by atoms with Crippen molar-refractivity contribution in [2.45, 2.75) is 26.4 Å². The van der Waals surface area contributed by atoms with Crippen LogP contribution in [0.4, 0.5) is 0 Å². The van der Waals surface area contributed by atoms with Crippen molar-refractivity contribution < 1.29 is 0 Å². The molecule has 0 aliphatic rings. The third-order valence-electron chi connectivity index (χ3n) is 2.45. The highest BCUT2D eigenvalue weighted by atomic mass is 16.1. The molecule has 0 spiro atoms. The third kappa shape index (κ3) is 2.00. The van der Waals surface area contributed by atoms with Gasteiger partial charge in [-0.15, -0.1) is 0 Å². The molecule has 0 bridgehead atoms. The molecule has 0 saturated heterocycles. The normalized spacial score (nSPS) is 10.8. The van der Waals surface area contributed by atoms with Crippen molar-refractivity contribution >= 4 is 5.65 Å². The number of fused-ring (bicyclic) bond motifs is 1. The van der Waals surface area contributed by atoms with Crippen molar-refractivity contribution in [3.8, 4) is 0 Å². The molecule has 7 heteroatoms. The summed E-state index contributed by atoms with van der Waals surface area (Å²) in [6.07, 6.45) is 3.32. The third-order valence-corrected chi connectivity index (χ3v) is 2.45. The molecule has 2 aromatic heterocycles. The second kappa shape index (κ2) is 4.31. The minimum absolute atomic E-state index is 0.0925. The largest absolute Gasteiger partial charge is 0.334 e. The average Bonchev–Trinajstić information content (AvgIpc) is 2.70. The van der Waals surface area contributed by atoms with Crippen LogP contribution in [0.2, 0.25) is 0 Å². The van der Waals surface area contributed by atoms with E-state index in [4.69, 9.17) is 5.53 Å². The number of aromatic nitrogens is 3. The smallest absolute Gasteiger partial charge is 0.298 e. The van der Waals surface area contributed by atoms with Crippen LogP contribution in [0.3, 0.4) is 0 Å². The van der Waals surface area contributed by atoms with E-state index in [1.807, 2.05) is 13.8 Å². The van der Waals surface area contributed by atoms with Gasteiger partial charge in [-0.2, -0.15) is 0 Å². The molecule has 17 heavy (non-hydrogen) atoms. The Morgan fingerprint density at radius 2 is 2.35 bits per heavy atom. The van der Waals surface area contributed by atoms with E-state index >= 15 is 0 Å². The van der Waals surface area contributed by atoms with Crippen LogP contribution >= 0.6 is 0 Å². The van der Waals surface area contributed by atoms with Gasteiger partial charge in [-0.05, 0) is 25.4 Å². The van der Waals surface area contributed by atoms with Crippen molar-refractivity contribution in [1.82, 2.24) is 14.0 Å². The number of rotatable bonds is 3. The highest BCUT2D eigenvalue weighted by molar-refractivity contribution is 5.38. The molecule has 0 aromatic carbocycles. The fourth-order valence-corrected chi connectivity index (χ4v) is 1.62. The Bertz CT molecular complexity index is 646. The topological polar surface area (TPSA) is 88.1 Å². The molecule has 0 radical (unpaired) electrons. The van der Waals surface area contributed by atoms with Crippen molar-refractivity contribution in [3.05, 3.63) is 45.1 Å². The lowest BCUT2D eigenvalue weighted by Crippen LogP contribution is -2.26. The van der Waals surface area contributed by atoms with Crippen LogP contribution < -0.4 is 5.69 Å². The van der Waals surface area contributed by atoms with E-state index in [1.165, 1.54) is 4.40 Å². The van der Waals surface area contributed by atoms with E-state index in [9.17, 15) is 4.79 Å². The first kappa shape index (κ1) is 11.2. The Kier molecular flexibility index (Phi) is 2.84. The Hall–Kier alpha value is -2.27. The summed E-state index contributed by atoms with van der Waals surface area (Å²) in [6, 6.07) is 1.86. The van der Waals surface area contributed by atoms with Gasteiger partial charge in [0.05, 0.1) is 12.2 Å². The van der Waals surface area contributed by atoms with Gasteiger partial charge in [-0.3, -0.25) is 8.97 Å². The van der Waals surface area contributed by atoms with Crippen LogP contribution in [0.5, 0.6) is 0 Å². The quantitative estimate of drug-likeness (QED) is 0.459. The fraction of sp³-hybridized carbons (Fsp3) is 0.400. The number of hydrogen-bond donors (Lipinski definition) is 0. The molecule has 2 aromatic rings. The minimum atomic E-state index is -0.141. The Morgan fingerprint density at radius 1 is 1.59 bits per heavy atom. The average molecular weight is 232 g/mol. The maximum atomic E-state index is 12.0. The summed E-state index contributed by atoms with van der Waals surface area (Å²) in [5, 5.41) is 3.42. The standard InChI is InChI=1S/C10H12N6O/c1-7(2)15-4-3-9-13-8(5-12-14-11)6-16(9)10(15)17/h3-4,6-7H,5H2,1-2H3. The minimum Gasteiger partial charge on any atom is -0.298 e. The molecule has 2 heterocycles. The first-order valence-electron chi connectivity index (χ1n) is 5.23. The summed E-state index contributed by atoms with van der Waals surface area (Å²) in [6.45, 7) is 4.02. The van der Waals surface area contributed by atoms with Gasteiger partial charge >= 0.3 is 5.69 Å². The van der Waals surface area contributed by atoms with Gasteiger partial charge in [0.1, 0.15) is 5.65 Å². The molecule has 0 aliphatic carbocycles. The van der Waals surface area contributed by atoms with E-state index in [0.29, 0.717) is 11.3 Å². The number of azide groups is 1. The molecule has 2 rings (SSSR count). The second-order valence-electron chi connectivity index (χ2n) is 3.95. The van der Waals surface area contributed by atoms with Gasteiger partial charge in [0.15, 0.2) is 0 Å². The van der Waals surface area contributed by atoms with Crippen molar-refractivity contribution in [2.75, 3.05) is 0 Å². The number of hydrogen-bond acceptors (Lipinski definition) is 3. The van der Waals surface area contributed by atoms with Crippen LogP contribution in [0.25, 0.3) is 16.1 Å². The van der Waals surface area contributed by atoms with Gasteiger partial charge in [-0.1, -0.05) is 5.11 Å². The highest BCUT2D eigenvalue weighted by Crippen LogP contribution is 2.05. The predicted octanol–water partition coefficient (Wildman–Crippen LogP) is 1.89. The maximum absolute atomic E-state index is 12.0. The summed E-state index contributed by atoms with van der Waals surface area (Å²) < 4.78 is 3.08. The SMILES string of the molecule is CC(C)n1ccc2nc(CN=[N+]=[N-])cn2c1=O. The van der Waals surface area contributed by atoms with Crippen molar-refractivity contribution in [1.29, 1.82) is 0 Å². The van der Waals surface area contributed by atoms with Gasteiger partial charge in [-0.25, -0.2) is 9.78 Å². The zero-order chi connectivity index (χ0) is 12.4. The highest BCUT2D eigenvalue weighted by Gasteiger charge is 2.07. The summed E-state index contributed by atoms with van der Waals surface area (Å²) in [5.74, 6) is 0. The number of imidazole rings is 1. The monoisotopic (exact) mass is 232 g/mol. The molecule has 0 N–H and O–H groups in total. The van der Waals surface area contributed by atoms with Crippen LogP contribution in [-0.2, 0) is 6.54 Å². The zero-order valence-electron chi connectivity index (χ0n) is 9.61.